The van der Waals surface area contributed by atoms with Crippen molar-refractivity contribution in [3.8, 4) is 0 Å². The zero-order valence-corrected chi connectivity index (χ0v) is 18.0. The Kier molecular flexibility index (Phi) is 6.28. The minimum Gasteiger partial charge on any atom is -0.298 e. The van der Waals surface area contributed by atoms with E-state index in [1.807, 2.05) is 0 Å². The fraction of sp³-hybridized carbons (Fsp3) is 0.217. The summed E-state index contributed by atoms with van der Waals surface area (Å²) in [6.45, 7) is 0.172. The third-order valence-electron chi connectivity index (χ3n) is 5.12. The highest BCUT2D eigenvalue weighted by Gasteiger charge is 2.30. The number of likely N-dealkylation sites (tertiary alicyclic amines) is 1. The van der Waals surface area contributed by atoms with Crippen molar-refractivity contribution in [1.82, 2.24) is 9.88 Å². The maximum Gasteiger partial charge on any atom is 0.416 e. The molecule has 0 radical (unpaired) electrons. The van der Waals surface area contributed by atoms with Crippen LogP contribution >= 0.6 is 11.3 Å². The van der Waals surface area contributed by atoms with Crippen molar-refractivity contribution in [2.45, 2.75) is 32.0 Å². The van der Waals surface area contributed by atoms with Gasteiger partial charge in [-0.2, -0.15) is 13.2 Å². The molecule has 0 aliphatic carbocycles. The number of carbonyl (C=O) groups is 3. The third-order valence-corrected chi connectivity index (χ3v) is 6.03. The van der Waals surface area contributed by atoms with E-state index in [0.29, 0.717) is 21.1 Å². The van der Waals surface area contributed by atoms with E-state index in [4.69, 9.17) is 0 Å². The van der Waals surface area contributed by atoms with Gasteiger partial charge in [-0.1, -0.05) is 30.3 Å². The van der Waals surface area contributed by atoms with E-state index in [0.717, 1.165) is 17.7 Å². The minimum atomic E-state index is -4.40. The topological polar surface area (TPSA) is 79.4 Å². The van der Waals surface area contributed by atoms with E-state index in [1.165, 1.54) is 28.5 Å². The first kappa shape index (κ1) is 22.7. The number of thiazole rings is 1. The number of imide groups is 1. The molecule has 1 aromatic heterocycles. The summed E-state index contributed by atoms with van der Waals surface area (Å²) in [4.78, 5) is 42.0. The summed E-state index contributed by atoms with van der Waals surface area (Å²) in [7, 11) is 0. The SMILES string of the molecule is O=C(Nc1ncc(Cc2cccc(C(F)(F)F)c2)s1)c1ccc(CN2C(=O)CCC2=O)cc1. The van der Waals surface area contributed by atoms with Crippen molar-refractivity contribution >= 4 is 34.2 Å². The van der Waals surface area contributed by atoms with Gasteiger partial charge in [-0.15, -0.1) is 11.3 Å². The summed E-state index contributed by atoms with van der Waals surface area (Å²) >= 11 is 1.18. The highest BCUT2D eigenvalue weighted by molar-refractivity contribution is 7.15. The molecule has 0 unspecified atom stereocenters. The normalized spacial score (nSPS) is 14.1. The lowest BCUT2D eigenvalue weighted by Gasteiger charge is -2.13. The van der Waals surface area contributed by atoms with E-state index < -0.39 is 17.6 Å². The summed E-state index contributed by atoms with van der Waals surface area (Å²) < 4.78 is 38.7. The number of anilines is 1. The monoisotopic (exact) mass is 473 g/mol. The van der Waals surface area contributed by atoms with Gasteiger partial charge in [-0.05, 0) is 29.3 Å². The van der Waals surface area contributed by atoms with Crippen LogP contribution in [0.3, 0.4) is 0 Å². The van der Waals surface area contributed by atoms with Crippen LogP contribution in [0.4, 0.5) is 18.3 Å². The zero-order valence-electron chi connectivity index (χ0n) is 17.2. The lowest BCUT2D eigenvalue weighted by molar-refractivity contribution is -0.139. The highest BCUT2D eigenvalue weighted by atomic mass is 32.1. The molecule has 4 rings (SSSR count). The summed E-state index contributed by atoms with van der Waals surface area (Å²) in [6, 6.07) is 11.6. The Morgan fingerprint density at radius 3 is 2.39 bits per heavy atom. The van der Waals surface area contributed by atoms with E-state index >= 15 is 0 Å². The average molecular weight is 473 g/mol. The summed E-state index contributed by atoms with van der Waals surface area (Å²) in [6.07, 6.45) is -2.17. The molecular weight excluding hydrogens is 455 g/mol. The van der Waals surface area contributed by atoms with Crippen LogP contribution in [0.2, 0.25) is 0 Å². The summed E-state index contributed by atoms with van der Waals surface area (Å²) in [5, 5.41) is 3.01. The van der Waals surface area contributed by atoms with Gasteiger partial charge in [-0.25, -0.2) is 4.98 Å². The molecular formula is C23H18F3N3O3S. The number of nitrogens with zero attached hydrogens (tertiary/aromatic N) is 2. The zero-order chi connectivity index (χ0) is 23.6. The number of halogens is 3. The highest BCUT2D eigenvalue weighted by Crippen LogP contribution is 2.30. The van der Waals surface area contributed by atoms with Crippen molar-refractivity contribution < 1.29 is 27.6 Å². The van der Waals surface area contributed by atoms with Gasteiger partial charge in [0, 0.05) is 35.9 Å². The fourth-order valence-electron chi connectivity index (χ4n) is 3.42. The first-order chi connectivity index (χ1) is 15.7. The van der Waals surface area contributed by atoms with Gasteiger partial charge >= 0.3 is 6.18 Å². The Bertz CT molecular complexity index is 1190. The number of benzene rings is 2. The molecule has 1 N–H and O–H groups in total. The van der Waals surface area contributed by atoms with Gasteiger partial charge in [0.05, 0.1) is 12.1 Å². The average Bonchev–Trinajstić information content (AvgIpc) is 3.34. The third kappa shape index (κ3) is 5.46. The van der Waals surface area contributed by atoms with Gasteiger partial charge in [0.15, 0.2) is 5.13 Å². The number of carbonyl (C=O) groups excluding carboxylic acids is 3. The molecule has 1 aliphatic rings. The van der Waals surface area contributed by atoms with E-state index in [2.05, 4.69) is 10.3 Å². The molecule has 170 valence electrons. The van der Waals surface area contributed by atoms with Gasteiger partial charge in [0.2, 0.25) is 11.8 Å². The maximum atomic E-state index is 12.9. The van der Waals surface area contributed by atoms with Crippen molar-refractivity contribution in [3.05, 3.63) is 81.9 Å². The summed E-state index contributed by atoms with van der Waals surface area (Å²) in [5.74, 6) is -0.798. The first-order valence-corrected chi connectivity index (χ1v) is 10.8. The Morgan fingerprint density at radius 2 is 1.73 bits per heavy atom. The molecule has 1 saturated heterocycles. The molecule has 2 heterocycles. The second kappa shape index (κ2) is 9.14. The number of aromatic nitrogens is 1. The second-order valence-electron chi connectivity index (χ2n) is 7.53. The van der Waals surface area contributed by atoms with Crippen LogP contribution < -0.4 is 5.32 Å². The van der Waals surface area contributed by atoms with Crippen LogP contribution in [0.15, 0.2) is 54.7 Å². The number of hydrogen-bond donors (Lipinski definition) is 1. The van der Waals surface area contributed by atoms with Crippen LogP contribution in [0, 0.1) is 0 Å². The van der Waals surface area contributed by atoms with Crippen LogP contribution in [-0.2, 0) is 28.7 Å². The van der Waals surface area contributed by atoms with Crippen LogP contribution in [0.5, 0.6) is 0 Å². The molecule has 1 fully saturated rings. The Morgan fingerprint density at radius 1 is 1.03 bits per heavy atom. The maximum absolute atomic E-state index is 12.9. The molecule has 0 atom stereocenters. The molecule has 33 heavy (non-hydrogen) atoms. The lowest BCUT2D eigenvalue weighted by Crippen LogP contribution is -2.28. The number of alkyl halides is 3. The van der Waals surface area contributed by atoms with Crippen molar-refractivity contribution in [2.75, 3.05) is 5.32 Å². The van der Waals surface area contributed by atoms with Crippen molar-refractivity contribution in [1.29, 1.82) is 0 Å². The Hall–Kier alpha value is -3.53. The van der Waals surface area contributed by atoms with E-state index in [9.17, 15) is 27.6 Å². The fourth-order valence-corrected chi connectivity index (χ4v) is 4.26. The van der Waals surface area contributed by atoms with Crippen LogP contribution in [0.1, 0.15) is 44.8 Å². The molecule has 0 saturated carbocycles. The molecule has 2 aromatic carbocycles. The van der Waals surface area contributed by atoms with Gasteiger partial charge in [0.25, 0.3) is 5.91 Å². The predicted molar refractivity (Wildman–Crippen MR) is 116 cm³/mol. The molecule has 3 amide bonds. The molecule has 0 bridgehead atoms. The largest absolute Gasteiger partial charge is 0.416 e. The van der Waals surface area contributed by atoms with Gasteiger partial charge in [-0.3, -0.25) is 24.6 Å². The molecule has 10 heteroatoms. The minimum absolute atomic E-state index is 0.172. The van der Waals surface area contributed by atoms with Gasteiger partial charge < -0.3 is 0 Å². The first-order valence-electron chi connectivity index (χ1n) is 10.0. The van der Waals surface area contributed by atoms with Crippen LogP contribution in [-0.4, -0.2) is 27.6 Å². The predicted octanol–water partition coefficient (Wildman–Crippen LogP) is 4.65. The molecule has 1 aliphatic heterocycles. The molecule has 3 aromatic rings. The number of hydrogen-bond acceptors (Lipinski definition) is 5. The van der Waals surface area contributed by atoms with E-state index in [-0.39, 0.29) is 37.6 Å². The summed E-state index contributed by atoms with van der Waals surface area (Å²) in [5.41, 5.74) is 0.886. The smallest absolute Gasteiger partial charge is 0.298 e. The van der Waals surface area contributed by atoms with Gasteiger partial charge in [0.1, 0.15) is 0 Å². The number of nitrogens with one attached hydrogen (secondary N) is 1. The molecule has 6 nitrogen and oxygen atoms in total. The molecule has 0 spiro atoms. The quantitative estimate of drug-likeness (QED) is 0.529. The van der Waals surface area contributed by atoms with Crippen molar-refractivity contribution in [2.24, 2.45) is 0 Å². The van der Waals surface area contributed by atoms with E-state index in [1.54, 1.807) is 30.3 Å². The van der Waals surface area contributed by atoms with Crippen molar-refractivity contribution in [3.63, 3.8) is 0 Å². The number of rotatable bonds is 6. The Labute approximate surface area is 191 Å². The second-order valence-corrected chi connectivity index (χ2v) is 8.65. The lowest BCUT2D eigenvalue weighted by atomic mass is 10.1. The number of amides is 3. The van der Waals surface area contributed by atoms with Crippen LogP contribution in [0.25, 0.3) is 0 Å². The Balaban J connectivity index is 1.37. The standard InChI is InChI=1S/C23H18F3N3O3S/c24-23(25,26)17-3-1-2-15(10-17)11-18-12-27-22(33-18)28-21(32)16-6-4-14(5-7-16)13-29-19(30)8-9-20(29)31/h1-7,10,12H,8-9,11,13H2,(H,27,28,32).